The first kappa shape index (κ1) is 7.95. The summed E-state index contributed by atoms with van der Waals surface area (Å²) in [6, 6.07) is 0. The lowest BCUT2D eigenvalue weighted by atomic mass is 10.3. The summed E-state index contributed by atoms with van der Waals surface area (Å²) in [6.45, 7) is 5.37. The zero-order valence-corrected chi connectivity index (χ0v) is 5.89. The molecule has 0 aromatic rings. The van der Waals surface area contributed by atoms with Crippen molar-refractivity contribution in [2.75, 3.05) is 7.05 Å². The van der Waals surface area contributed by atoms with Gasteiger partial charge in [0.05, 0.1) is 5.71 Å². The number of hydrogen-bond donors (Lipinski definition) is 1. The molecule has 0 aromatic carbocycles. The lowest BCUT2D eigenvalue weighted by Crippen LogP contribution is -1.95. The fourth-order valence-corrected chi connectivity index (χ4v) is 0.448. The summed E-state index contributed by atoms with van der Waals surface area (Å²) in [5.41, 5.74) is 6.94. The van der Waals surface area contributed by atoms with Crippen LogP contribution in [0.1, 0.15) is 6.92 Å². The summed E-state index contributed by atoms with van der Waals surface area (Å²) in [6.07, 6.45) is 3.43. The van der Waals surface area contributed by atoms with Crippen LogP contribution in [0.3, 0.4) is 0 Å². The van der Waals surface area contributed by atoms with Crippen LogP contribution in [0.25, 0.3) is 0 Å². The van der Waals surface area contributed by atoms with Crippen LogP contribution in [0, 0.1) is 0 Å². The van der Waals surface area contributed by atoms with E-state index in [0.717, 1.165) is 11.4 Å². The molecule has 0 saturated heterocycles. The van der Waals surface area contributed by atoms with Crippen molar-refractivity contribution in [1.29, 1.82) is 0 Å². The van der Waals surface area contributed by atoms with Crippen molar-refractivity contribution in [3.05, 3.63) is 24.4 Å². The molecule has 0 aliphatic carbocycles. The topological polar surface area (TPSA) is 38.4 Å². The molecule has 0 radical (unpaired) electrons. The standard InChI is InChI=1S/C7H12N2/c1-4-7(9-3)5-6(2)8/h4-5H,1,8H2,2-3H3. The van der Waals surface area contributed by atoms with Gasteiger partial charge in [-0.25, -0.2) is 0 Å². The number of nitrogens with zero attached hydrogens (tertiary/aromatic N) is 1. The van der Waals surface area contributed by atoms with E-state index in [9.17, 15) is 0 Å². The maximum atomic E-state index is 5.38. The number of allylic oxidation sites excluding steroid dienone is 3. The van der Waals surface area contributed by atoms with E-state index in [2.05, 4.69) is 11.6 Å². The highest BCUT2D eigenvalue weighted by Gasteiger charge is 1.82. The van der Waals surface area contributed by atoms with Crippen LogP contribution < -0.4 is 5.73 Å². The van der Waals surface area contributed by atoms with Gasteiger partial charge in [-0.1, -0.05) is 6.58 Å². The minimum absolute atomic E-state index is 0.746. The third kappa shape index (κ3) is 3.53. The van der Waals surface area contributed by atoms with Gasteiger partial charge in [-0.05, 0) is 19.1 Å². The lowest BCUT2D eigenvalue weighted by Gasteiger charge is -1.90. The molecular weight excluding hydrogens is 112 g/mol. The van der Waals surface area contributed by atoms with Crippen LogP contribution in [0.4, 0.5) is 0 Å². The molecule has 0 unspecified atom stereocenters. The molecule has 0 amide bonds. The number of hydrogen-bond acceptors (Lipinski definition) is 2. The van der Waals surface area contributed by atoms with Crippen molar-refractivity contribution in [3.63, 3.8) is 0 Å². The minimum Gasteiger partial charge on any atom is -0.402 e. The Labute approximate surface area is 55.8 Å². The van der Waals surface area contributed by atoms with Crippen LogP contribution in [0.5, 0.6) is 0 Å². The first-order valence-corrected chi connectivity index (χ1v) is 2.73. The van der Waals surface area contributed by atoms with Crippen molar-refractivity contribution >= 4 is 5.71 Å². The Hall–Kier alpha value is -1.05. The summed E-state index contributed by atoms with van der Waals surface area (Å²) in [7, 11) is 1.70. The third-order valence-corrected chi connectivity index (χ3v) is 0.843. The Morgan fingerprint density at radius 3 is 2.33 bits per heavy atom. The van der Waals surface area contributed by atoms with E-state index in [-0.39, 0.29) is 0 Å². The van der Waals surface area contributed by atoms with Crippen molar-refractivity contribution in [1.82, 2.24) is 0 Å². The fraction of sp³-hybridized carbons (Fsp3) is 0.286. The Kier molecular flexibility index (Phi) is 3.44. The molecule has 0 fully saturated rings. The van der Waals surface area contributed by atoms with Crippen LogP contribution in [-0.4, -0.2) is 12.8 Å². The van der Waals surface area contributed by atoms with E-state index in [1.807, 2.05) is 6.92 Å². The maximum absolute atomic E-state index is 5.38. The van der Waals surface area contributed by atoms with Gasteiger partial charge in [0.2, 0.25) is 0 Å². The second kappa shape index (κ2) is 3.89. The van der Waals surface area contributed by atoms with Gasteiger partial charge in [0.15, 0.2) is 0 Å². The first-order chi connectivity index (χ1) is 4.20. The van der Waals surface area contributed by atoms with Crippen LogP contribution in [-0.2, 0) is 0 Å². The van der Waals surface area contributed by atoms with E-state index in [1.54, 1.807) is 19.2 Å². The predicted octanol–water partition coefficient (Wildman–Crippen LogP) is 1.11. The summed E-state index contributed by atoms with van der Waals surface area (Å²) in [5, 5.41) is 0. The molecule has 9 heavy (non-hydrogen) atoms. The normalized spacial score (nSPS) is 13.6. The molecule has 0 rings (SSSR count). The van der Waals surface area contributed by atoms with E-state index in [1.165, 1.54) is 0 Å². The van der Waals surface area contributed by atoms with Gasteiger partial charge in [0, 0.05) is 12.7 Å². The second-order valence-electron chi connectivity index (χ2n) is 1.74. The summed E-state index contributed by atoms with van der Waals surface area (Å²) in [4.78, 5) is 3.89. The molecule has 0 atom stereocenters. The Bertz CT molecular complexity index is 150. The van der Waals surface area contributed by atoms with Gasteiger partial charge < -0.3 is 5.73 Å². The first-order valence-electron chi connectivity index (χ1n) is 2.73. The quantitative estimate of drug-likeness (QED) is 0.550. The summed E-state index contributed by atoms with van der Waals surface area (Å²) < 4.78 is 0. The highest BCUT2D eigenvalue weighted by Crippen LogP contribution is 1.85. The molecule has 2 N–H and O–H groups in total. The molecule has 0 aromatic heterocycles. The Morgan fingerprint density at radius 1 is 1.67 bits per heavy atom. The van der Waals surface area contributed by atoms with Crippen molar-refractivity contribution in [2.45, 2.75) is 6.92 Å². The highest BCUT2D eigenvalue weighted by molar-refractivity contribution is 6.03. The van der Waals surface area contributed by atoms with Crippen molar-refractivity contribution in [3.8, 4) is 0 Å². The van der Waals surface area contributed by atoms with Crippen molar-refractivity contribution < 1.29 is 0 Å². The largest absolute Gasteiger partial charge is 0.402 e. The molecule has 0 aliphatic heterocycles. The molecule has 2 nitrogen and oxygen atoms in total. The molecule has 2 heteroatoms. The van der Waals surface area contributed by atoms with Crippen LogP contribution >= 0.6 is 0 Å². The average Bonchev–Trinajstić information content (AvgIpc) is 1.82. The smallest absolute Gasteiger partial charge is 0.0581 e. The third-order valence-electron chi connectivity index (χ3n) is 0.843. The fourth-order valence-electron chi connectivity index (χ4n) is 0.448. The Morgan fingerprint density at radius 2 is 2.22 bits per heavy atom. The molecule has 0 saturated carbocycles. The van der Waals surface area contributed by atoms with Crippen LogP contribution in [0.15, 0.2) is 29.4 Å². The van der Waals surface area contributed by atoms with Gasteiger partial charge in [0.25, 0.3) is 0 Å². The van der Waals surface area contributed by atoms with Crippen molar-refractivity contribution in [2.24, 2.45) is 10.7 Å². The van der Waals surface area contributed by atoms with Gasteiger partial charge in [-0.3, -0.25) is 4.99 Å². The number of nitrogens with two attached hydrogens (primary N) is 1. The van der Waals surface area contributed by atoms with E-state index >= 15 is 0 Å². The highest BCUT2D eigenvalue weighted by atomic mass is 14.7. The predicted molar refractivity (Wildman–Crippen MR) is 41.5 cm³/mol. The summed E-state index contributed by atoms with van der Waals surface area (Å²) >= 11 is 0. The SMILES string of the molecule is C=CC(C=C(C)N)=NC. The molecule has 0 spiro atoms. The maximum Gasteiger partial charge on any atom is 0.0581 e. The van der Waals surface area contributed by atoms with E-state index in [0.29, 0.717) is 0 Å². The molecule has 0 aliphatic rings. The van der Waals surface area contributed by atoms with Gasteiger partial charge in [-0.15, -0.1) is 0 Å². The van der Waals surface area contributed by atoms with Gasteiger partial charge >= 0.3 is 0 Å². The van der Waals surface area contributed by atoms with Gasteiger partial charge in [-0.2, -0.15) is 0 Å². The van der Waals surface area contributed by atoms with Crippen LogP contribution in [0.2, 0.25) is 0 Å². The Balaban J connectivity index is 4.18. The minimum atomic E-state index is 0.746. The summed E-state index contributed by atoms with van der Waals surface area (Å²) in [5.74, 6) is 0. The zero-order chi connectivity index (χ0) is 7.28. The zero-order valence-electron chi connectivity index (χ0n) is 5.89. The molecular formula is C7H12N2. The molecule has 50 valence electrons. The average molecular weight is 124 g/mol. The molecule has 0 bridgehead atoms. The monoisotopic (exact) mass is 124 g/mol. The lowest BCUT2D eigenvalue weighted by molar-refractivity contribution is 1.32. The second-order valence-corrected chi connectivity index (χ2v) is 1.74. The van der Waals surface area contributed by atoms with E-state index in [4.69, 9.17) is 5.73 Å². The van der Waals surface area contributed by atoms with Gasteiger partial charge in [0.1, 0.15) is 0 Å². The molecule has 0 heterocycles. The number of aliphatic imine (C=N–C) groups is 1. The number of rotatable bonds is 2. The van der Waals surface area contributed by atoms with E-state index < -0.39 is 0 Å².